The number of nitrogens with one attached hydrogen (secondary N) is 1. The number of hydrogen-bond donors (Lipinski definition) is 1. The normalized spacial score (nSPS) is 18.6. The highest BCUT2D eigenvalue weighted by Gasteiger charge is 2.34. The topological polar surface area (TPSA) is 73.8 Å². The Hall–Kier alpha value is -2.93. The van der Waals surface area contributed by atoms with Crippen LogP contribution in [0.2, 0.25) is 0 Å². The molecule has 1 N–H and O–H groups in total. The number of benzene rings is 1. The molecule has 0 fully saturated rings. The molecule has 2 aromatic rings. The van der Waals surface area contributed by atoms with Gasteiger partial charge >= 0.3 is 0 Å². The van der Waals surface area contributed by atoms with Crippen LogP contribution < -0.4 is 0 Å². The second-order valence-corrected chi connectivity index (χ2v) is 8.86. The van der Waals surface area contributed by atoms with Crippen LogP contribution in [0.25, 0.3) is 11.8 Å². The number of aliphatic imine (C=N–C) groups is 1. The molecule has 154 valence electrons. The monoisotopic (exact) mass is 419 g/mol. The number of amides is 1. The first-order chi connectivity index (χ1) is 14.3. The molecule has 6 nitrogen and oxygen atoms in total. The second kappa shape index (κ2) is 7.72. The molecule has 7 heteroatoms. The zero-order chi connectivity index (χ0) is 21.6. The predicted octanol–water partition coefficient (Wildman–Crippen LogP) is 5.25. The molecule has 1 amide bonds. The van der Waals surface area contributed by atoms with E-state index in [4.69, 9.17) is 5.41 Å². The fourth-order valence-corrected chi connectivity index (χ4v) is 4.50. The van der Waals surface area contributed by atoms with E-state index in [-0.39, 0.29) is 11.4 Å². The molecule has 30 heavy (non-hydrogen) atoms. The van der Waals surface area contributed by atoms with E-state index < -0.39 is 5.91 Å². The smallest absolute Gasteiger partial charge is 0.283 e. The lowest BCUT2D eigenvalue weighted by Gasteiger charge is -2.20. The summed E-state index contributed by atoms with van der Waals surface area (Å²) in [6, 6.07) is 10.7. The predicted molar refractivity (Wildman–Crippen MR) is 125 cm³/mol. The molecular formula is C23H25N5OS. The summed E-state index contributed by atoms with van der Waals surface area (Å²) in [6.45, 7) is 10.4. The van der Waals surface area contributed by atoms with Crippen molar-refractivity contribution in [1.29, 1.82) is 5.41 Å². The highest BCUT2D eigenvalue weighted by atomic mass is 32.2. The Balaban J connectivity index is 1.71. The van der Waals surface area contributed by atoms with Crippen molar-refractivity contribution in [2.24, 2.45) is 10.1 Å². The lowest BCUT2D eigenvalue weighted by atomic mass is 9.98. The summed E-state index contributed by atoms with van der Waals surface area (Å²) in [5.74, 6) is 0.207. The van der Waals surface area contributed by atoms with Crippen LogP contribution in [-0.4, -0.2) is 31.5 Å². The molecule has 0 radical (unpaired) electrons. The molecule has 0 spiro atoms. The average molecular weight is 420 g/mol. The third kappa shape index (κ3) is 3.43. The van der Waals surface area contributed by atoms with Gasteiger partial charge in [0.2, 0.25) is 5.17 Å². The van der Waals surface area contributed by atoms with Gasteiger partial charge in [0.1, 0.15) is 0 Å². The van der Waals surface area contributed by atoms with Crippen molar-refractivity contribution >= 4 is 39.8 Å². The molecule has 0 saturated heterocycles. The molecule has 3 heterocycles. The lowest BCUT2D eigenvalue weighted by Crippen LogP contribution is -2.35. The molecule has 2 aliphatic rings. The van der Waals surface area contributed by atoms with Gasteiger partial charge in [-0.15, -0.1) is 0 Å². The van der Waals surface area contributed by atoms with E-state index in [0.29, 0.717) is 11.1 Å². The quantitative estimate of drug-likeness (QED) is 0.688. The number of hydrogen-bond acceptors (Lipinski definition) is 4. The number of hydrazone groups is 1. The van der Waals surface area contributed by atoms with Crippen molar-refractivity contribution in [3.63, 3.8) is 0 Å². The Bertz CT molecular complexity index is 1140. The van der Waals surface area contributed by atoms with Crippen LogP contribution >= 0.6 is 11.8 Å². The minimum atomic E-state index is -0.397. The number of aryl methyl sites for hydroxylation is 1. The zero-order valence-electron chi connectivity index (χ0n) is 17.9. The molecule has 1 unspecified atom stereocenters. The standard InChI is InChI=1S/C23H25N5OS/c1-6-13(2)17-7-9-19(10-8-17)27-14(3)11-18(15(27)4)12-20-21(24)28-23(25-22(20)29)30-16(5)26-28/h7-13,24H,6H2,1-5H3/b20-12-,24-21?. The summed E-state index contributed by atoms with van der Waals surface area (Å²) in [7, 11) is 0. The molecule has 0 bridgehead atoms. The van der Waals surface area contributed by atoms with Crippen molar-refractivity contribution in [2.45, 2.75) is 47.0 Å². The van der Waals surface area contributed by atoms with E-state index in [1.165, 1.54) is 22.3 Å². The summed E-state index contributed by atoms with van der Waals surface area (Å²) < 4.78 is 2.17. The van der Waals surface area contributed by atoms with Crippen LogP contribution in [-0.2, 0) is 4.79 Å². The molecule has 1 atom stereocenters. The number of nitrogens with zero attached hydrogens (tertiary/aromatic N) is 4. The zero-order valence-corrected chi connectivity index (χ0v) is 18.7. The van der Waals surface area contributed by atoms with Gasteiger partial charge in [0.15, 0.2) is 5.84 Å². The number of amidine groups is 2. The number of carbonyl (C=O) groups is 1. The number of thioether (sulfide) groups is 1. The SMILES string of the molecule is CCC(C)c1ccc(-n2c(C)cc(/C=C3/C(=N)N4N=C(C)SC4=NC3=O)c2C)cc1. The van der Waals surface area contributed by atoms with Crippen LogP contribution in [0.1, 0.15) is 55.6 Å². The molecule has 0 saturated carbocycles. The van der Waals surface area contributed by atoms with E-state index >= 15 is 0 Å². The van der Waals surface area contributed by atoms with Gasteiger partial charge in [-0.25, -0.2) is 0 Å². The Labute approximate surface area is 180 Å². The number of carbonyl (C=O) groups excluding carboxylic acids is 1. The fourth-order valence-electron chi connectivity index (χ4n) is 3.76. The van der Waals surface area contributed by atoms with E-state index in [1.807, 2.05) is 26.8 Å². The molecule has 1 aromatic carbocycles. The molecule has 0 aliphatic carbocycles. The van der Waals surface area contributed by atoms with Crippen LogP contribution in [0.3, 0.4) is 0 Å². The van der Waals surface area contributed by atoms with Crippen molar-refractivity contribution in [3.8, 4) is 5.69 Å². The Morgan fingerprint density at radius 3 is 2.57 bits per heavy atom. The Morgan fingerprint density at radius 2 is 1.90 bits per heavy atom. The number of aromatic nitrogens is 1. The van der Waals surface area contributed by atoms with Crippen LogP contribution in [0, 0.1) is 19.3 Å². The van der Waals surface area contributed by atoms with Gasteiger partial charge in [-0.05, 0) is 80.3 Å². The van der Waals surface area contributed by atoms with E-state index in [2.05, 4.69) is 52.8 Å². The molecule has 4 rings (SSSR count). The van der Waals surface area contributed by atoms with Crippen LogP contribution in [0.4, 0.5) is 0 Å². The Kier molecular flexibility index (Phi) is 5.24. The number of fused-ring (bicyclic) bond motifs is 1. The van der Waals surface area contributed by atoms with Crippen LogP contribution in [0.5, 0.6) is 0 Å². The van der Waals surface area contributed by atoms with Gasteiger partial charge < -0.3 is 4.57 Å². The first-order valence-corrected chi connectivity index (χ1v) is 10.9. The van der Waals surface area contributed by atoms with Crippen molar-refractivity contribution in [1.82, 2.24) is 9.58 Å². The third-order valence-electron chi connectivity index (χ3n) is 5.66. The first-order valence-electron chi connectivity index (χ1n) is 10.1. The fraction of sp³-hybridized carbons (Fsp3) is 0.304. The summed E-state index contributed by atoms with van der Waals surface area (Å²) in [4.78, 5) is 16.7. The average Bonchev–Trinajstić information content (AvgIpc) is 3.23. The van der Waals surface area contributed by atoms with Gasteiger partial charge in [-0.2, -0.15) is 15.1 Å². The van der Waals surface area contributed by atoms with Gasteiger partial charge in [0.05, 0.1) is 10.6 Å². The second-order valence-electron chi connectivity index (χ2n) is 7.70. The van der Waals surface area contributed by atoms with Gasteiger partial charge in [0.25, 0.3) is 5.91 Å². The summed E-state index contributed by atoms with van der Waals surface area (Å²) >= 11 is 1.31. The first kappa shape index (κ1) is 20.3. The maximum absolute atomic E-state index is 12.6. The summed E-state index contributed by atoms with van der Waals surface area (Å²) in [5.41, 5.74) is 5.66. The number of rotatable bonds is 4. The lowest BCUT2D eigenvalue weighted by molar-refractivity contribution is -0.114. The van der Waals surface area contributed by atoms with Crippen LogP contribution in [0.15, 0.2) is 46.0 Å². The van der Waals surface area contributed by atoms with Gasteiger partial charge in [-0.1, -0.05) is 26.0 Å². The minimum Gasteiger partial charge on any atom is -0.318 e. The van der Waals surface area contributed by atoms with Crippen molar-refractivity contribution in [3.05, 3.63) is 58.4 Å². The molecular weight excluding hydrogens is 394 g/mol. The van der Waals surface area contributed by atoms with E-state index in [9.17, 15) is 4.79 Å². The van der Waals surface area contributed by atoms with Crippen molar-refractivity contribution < 1.29 is 4.79 Å². The molecule has 1 aromatic heterocycles. The van der Waals surface area contributed by atoms with Gasteiger partial charge in [0, 0.05) is 17.1 Å². The maximum Gasteiger partial charge on any atom is 0.283 e. The summed E-state index contributed by atoms with van der Waals surface area (Å²) in [6.07, 6.45) is 2.87. The molecule has 2 aliphatic heterocycles. The summed E-state index contributed by atoms with van der Waals surface area (Å²) in [5, 5.41) is 15.4. The Morgan fingerprint density at radius 1 is 1.20 bits per heavy atom. The largest absolute Gasteiger partial charge is 0.318 e. The highest BCUT2D eigenvalue weighted by Crippen LogP contribution is 2.30. The highest BCUT2D eigenvalue weighted by molar-refractivity contribution is 8.26. The third-order valence-corrected chi connectivity index (χ3v) is 6.48. The minimum absolute atomic E-state index is 0.0667. The van der Waals surface area contributed by atoms with Crippen molar-refractivity contribution in [2.75, 3.05) is 0 Å². The maximum atomic E-state index is 12.6. The van der Waals surface area contributed by atoms with E-state index in [1.54, 1.807) is 6.08 Å². The van der Waals surface area contributed by atoms with E-state index in [0.717, 1.165) is 34.1 Å². The van der Waals surface area contributed by atoms with Gasteiger partial charge in [-0.3, -0.25) is 10.2 Å².